The Morgan fingerprint density at radius 1 is 1.28 bits per heavy atom. The topological polar surface area (TPSA) is 90.9 Å². The normalized spacial score (nSPS) is 16.4. The van der Waals surface area contributed by atoms with Crippen molar-refractivity contribution in [1.82, 2.24) is 4.90 Å². The number of phenolic OH excluding ortho intramolecular Hbond substituents is 1. The molecule has 1 fully saturated rings. The molecule has 1 aromatic carbocycles. The highest BCUT2D eigenvalue weighted by molar-refractivity contribution is 5.93. The van der Waals surface area contributed by atoms with Crippen LogP contribution in [0.5, 0.6) is 5.75 Å². The molecule has 0 unspecified atom stereocenters. The Morgan fingerprint density at radius 2 is 1.92 bits per heavy atom. The number of piperazine rings is 1. The van der Waals surface area contributed by atoms with Gasteiger partial charge in [0.25, 0.3) is 5.91 Å². The van der Waals surface area contributed by atoms with Crippen LogP contribution in [0.3, 0.4) is 0 Å². The SMILES string of the molecule is COC(=O)Nc1ccc(NC(=O)C[N+]2(C)CCN(C)CC2)cc1O.[Cl-]. The smallest absolute Gasteiger partial charge is 0.411 e. The van der Waals surface area contributed by atoms with Gasteiger partial charge in [-0.1, -0.05) is 0 Å². The molecular weight excluding hydrogens is 348 g/mol. The summed E-state index contributed by atoms with van der Waals surface area (Å²) in [5.74, 6) is -0.242. The van der Waals surface area contributed by atoms with Crippen LogP contribution in [0.25, 0.3) is 0 Å². The zero-order valence-corrected chi connectivity index (χ0v) is 15.5. The molecular formula is C16H25ClN4O4. The van der Waals surface area contributed by atoms with E-state index in [9.17, 15) is 14.7 Å². The molecule has 1 saturated heterocycles. The number of ether oxygens (including phenoxy) is 1. The summed E-state index contributed by atoms with van der Waals surface area (Å²) in [4.78, 5) is 25.7. The molecule has 1 aliphatic rings. The lowest BCUT2D eigenvalue weighted by molar-refractivity contribution is -0.905. The number of amides is 2. The minimum Gasteiger partial charge on any atom is -1.00 e. The van der Waals surface area contributed by atoms with Crippen molar-refractivity contribution in [3.05, 3.63) is 18.2 Å². The maximum Gasteiger partial charge on any atom is 0.411 e. The Morgan fingerprint density at radius 3 is 2.48 bits per heavy atom. The Labute approximate surface area is 153 Å². The number of methoxy groups -OCH3 is 1. The van der Waals surface area contributed by atoms with E-state index in [-0.39, 0.29) is 29.8 Å². The number of likely N-dealkylation sites (N-methyl/N-ethyl adjacent to an activating group) is 2. The van der Waals surface area contributed by atoms with Crippen molar-refractivity contribution in [3.8, 4) is 5.75 Å². The van der Waals surface area contributed by atoms with Crippen molar-refractivity contribution in [2.24, 2.45) is 0 Å². The number of halogens is 1. The Bertz CT molecular complexity index is 618. The van der Waals surface area contributed by atoms with Gasteiger partial charge in [0.15, 0.2) is 6.54 Å². The number of benzene rings is 1. The van der Waals surface area contributed by atoms with Crippen LogP contribution in [0, 0.1) is 0 Å². The van der Waals surface area contributed by atoms with E-state index in [2.05, 4.69) is 34.4 Å². The van der Waals surface area contributed by atoms with E-state index in [0.29, 0.717) is 16.7 Å². The molecule has 0 aliphatic carbocycles. The molecule has 9 heteroatoms. The second-order valence-electron chi connectivity index (χ2n) is 6.42. The van der Waals surface area contributed by atoms with Crippen molar-refractivity contribution < 1.29 is 36.3 Å². The summed E-state index contributed by atoms with van der Waals surface area (Å²) in [6.07, 6.45) is -0.672. The molecule has 0 saturated carbocycles. The summed E-state index contributed by atoms with van der Waals surface area (Å²) in [6.45, 7) is 4.18. The van der Waals surface area contributed by atoms with Crippen molar-refractivity contribution in [2.75, 3.05) is 64.6 Å². The molecule has 8 nitrogen and oxygen atoms in total. The van der Waals surface area contributed by atoms with Crippen LogP contribution in [0.1, 0.15) is 0 Å². The molecule has 1 aliphatic heterocycles. The van der Waals surface area contributed by atoms with Crippen LogP contribution in [0.4, 0.5) is 16.2 Å². The van der Waals surface area contributed by atoms with Crippen LogP contribution < -0.4 is 23.0 Å². The standard InChI is InChI=1S/C16H24N4O4.ClH/c1-19-6-8-20(2,9-7-19)11-15(22)17-12-4-5-13(14(21)10-12)18-16(23)24-3;/h4-5,10H,6-9,11H2,1-3H3,(H2-,17,18,21,22,23);1H. The minimum absolute atomic E-state index is 0. The number of nitrogens with one attached hydrogen (secondary N) is 2. The van der Waals surface area contributed by atoms with E-state index in [1.807, 2.05) is 0 Å². The fraction of sp³-hybridized carbons (Fsp3) is 0.500. The largest absolute Gasteiger partial charge is 1.00 e. The molecule has 2 amide bonds. The lowest BCUT2D eigenvalue weighted by Gasteiger charge is -2.40. The van der Waals surface area contributed by atoms with E-state index in [1.54, 1.807) is 6.07 Å². The van der Waals surface area contributed by atoms with E-state index >= 15 is 0 Å². The Kier molecular flexibility index (Phi) is 7.47. The highest BCUT2D eigenvalue weighted by Gasteiger charge is 2.29. The second kappa shape index (κ2) is 8.89. The maximum atomic E-state index is 12.3. The molecule has 0 bridgehead atoms. The van der Waals surface area contributed by atoms with Gasteiger partial charge in [-0.15, -0.1) is 0 Å². The number of phenols is 1. The molecule has 25 heavy (non-hydrogen) atoms. The van der Waals surface area contributed by atoms with Gasteiger partial charge in [0.05, 0.1) is 32.9 Å². The van der Waals surface area contributed by atoms with E-state index in [0.717, 1.165) is 26.2 Å². The number of carbonyl (C=O) groups excluding carboxylic acids is 2. The number of aromatic hydroxyl groups is 1. The first-order chi connectivity index (χ1) is 11.3. The average Bonchev–Trinajstić information content (AvgIpc) is 2.52. The fourth-order valence-electron chi connectivity index (χ4n) is 2.63. The highest BCUT2D eigenvalue weighted by Crippen LogP contribution is 2.27. The van der Waals surface area contributed by atoms with Gasteiger partial charge in [-0.05, 0) is 19.2 Å². The van der Waals surface area contributed by atoms with Crippen molar-refractivity contribution >= 4 is 23.4 Å². The third-order valence-electron chi connectivity index (χ3n) is 4.27. The lowest BCUT2D eigenvalue weighted by Crippen LogP contribution is -3.00. The van der Waals surface area contributed by atoms with Crippen molar-refractivity contribution in [1.29, 1.82) is 0 Å². The van der Waals surface area contributed by atoms with Crippen LogP contribution in [-0.4, -0.2) is 80.4 Å². The summed E-state index contributed by atoms with van der Waals surface area (Å²) in [6, 6.07) is 4.52. The molecule has 0 spiro atoms. The number of hydrogen-bond acceptors (Lipinski definition) is 5. The van der Waals surface area contributed by atoms with Crippen LogP contribution in [0.15, 0.2) is 18.2 Å². The Balaban J connectivity index is 0.00000312. The van der Waals surface area contributed by atoms with Gasteiger partial charge in [-0.2, -0.15) is 0 Å². The summed E-state index contributed by atoms with van der Waals surface area (Å²) >= 11 is 0. The molecule has 0 aromatic heterocycles. The van der Waals surface area contributed by atoms with Crippen molar-refractivity contribution in [3.63, 3.8) is 0 Å². The number of nitrogens with zero attached hydrogens (tertiary/aromatic N) is 2. The van der Waals surface area contributed by atoms with Gasteiger partial charge < -0.3 is 32.1 Å². The number of anilines is 2. The van der Waals surface area contributed by atoms with Gasteiger partial charge >= 0.3 is 6.09 Å². The van der Waals surface area contributed by atoms with E-state index in [4.69, 9.17) is 0 Å². The number of rotatable bonds is 4. The second-order valence-corrected chi connectivity index (χ2v) is 6.42. The third kappa shape index (κ3) is 6.08. The summed E-state index contributed by atoms with van der Waals surface area (Å²) < 4.78 is 5.17. The molecule has 1 aromatic rings. The number of carbonyl (C=O) groups is 2. The number of hydrogen-bond donors (Lipinski definition) is 3. The van der Waals surface area contributed by atoms with Crippen LogP contribution in [-0.2, 0) is 9.53 Å². The zero-order chi connectivity index (χ0) is 17.7. The van der Waals surface area contributed by atoms with Gasteiger partial charge in [0.1, 0.15) is 5.75 Å². The zero-order valence-electron chi connectivity index (χ0n) is 14.7. The Hall–Kier alpha value is -2.03. The van der Waals surface area contributed by atoms with Gasteiger partial charge in [0.2, 0.25) is 0 Å². The predicted octanol–water partition coefficient (Wildman–Crippen LogP) is -2.09. The van der Waals surface area contributed by atoms with Crippen LogP contribution in [0.2, 0.25) is 0 Å². The minimum atomic E-state index is -0.672. The first-order valence-electron chi connectivity index (χ1n) is 7.81. The third-order valence-corrected chi connectivity index (χ3v) is 4.27. The van der Waals surface area contributed by atoms with E-state index < -0.39 is 6.09 Å². The fourth-order valence-corrected chi connectivity index (χ4v) is 2.63. The quantitative estimate of drug-likeness (QED) is 0.416. The van der Waals surface area contributed by atoms with Gasteiger partial charge in [-0.3, -0.25) is 15.0 Å². The molecule has 2 rings (SSSR count). The maximum absolute atomic E-state index is 12.3. The molecule has 0 radical (unpaired) electrons. The highest BCUT2D eigenvalue weighted by atomic mass is 35.5. The predicted molar refractivity (Wildman–Crippen MR) is 91.0 cm³/mol. The molecule has 1 heterocycles. The number of quaternary nitrogens is 1. The summed E-state index contributed by atoms with van der Waals surface area (Å²) in [5.41, 5.74) is 0.701. The van der Waals surface area contributed by atoms with Gasteiger partial charge in [-0.25, -0.2) is 4.79 Å². The van der Waals surface area contributed by atoms with Crippen molar-refractivity contribution in [2.45, 2.75) is 0 Å². The van der Waals surface area contributed by atoms with E-state index in [1.165, 1.54) is 19.2 Å². The van der Waals surface area contributed by atoms with Crippen LogP contribution >= 0.6 is 0 Å². The monoisotopic (exact) mass is 372 g/mol. The average molecular weight is 373 g/mol. The first kappa shape index (κ1) is 21.0. The molecule has 0 atom stereocenters. The summed E-state index contributed by atoms with van der Waals surface area (Å²) in [7, 11) is 5.40. The lowest BCUT2D eigenvalue weighted by atomic mass is 10.2. The molecule has 3 N–H and O–H groups in total. The molecule has 140 valence electrons. The summed E-state index contributed by atoms with van der Waals surface area (Å²) in [5, 5.41) is 15.1. The van der Waals surface area contributed by atoms with Gasteiger partial charge in [0, 0.05) is 24.8 Å². The first-order valence-corrected chi connectivity index (χ1v) is 7.81.